The molecule has 0 spiro atoms. The Morgan fingerprint density at radius 2 is 1.80 bits per heavy atom. The van der Waals surface area contributed by atoms with Gasteiger partial charge in [0, 0.05) is 24.9 Å². The first kappa shape index (κ1) is 23.7. The van der Waals surface area contributed by atoms with E-state index in [1.807, 2.05) is 6.07 Å². The summed E-state index contributed by atoms with van der Waals surface area (Å²) in [7, 11) is 0. The summed E-state index contributed by atoms with van der Waals surface area (Å²) in [5, 5.41) is 23.9. The van der Waals surface area contributed by atoms with Gasteiger partial charge in [-0.1, -0.05) is 18.2 Å². The molecule has 2 heterocycles. The molecule has 0 fully saturated rings. The van der Waals surface area contributed by atoms with Gasteiger partial charge in [-0.2, -0.15) is 0 Å². The molecular formula is C25H23N3O7. The summed E-state index contributed by atoms with van der Waals surface area (Å²) >= 11 is 0. The van der Waals surface area contributed by atoms with E-state index >= 15 is 0 Å². The molecule has 180 valence electrons. The van der Waals surface area contributed by atoms with Gasteiger partial charge in [0.05, 0.1) is 22.3 Å². The fourth-order valence-electron chi connectivity index (χ4n) is 4.08. The van der Waals surface area contributed by atoms with Crippen LogP contribution in [0.1, 0.15) is 45.4 Å². The number of amides is 3. The van der Waals surface area contributed by atoms with Crippen LogP contribution in [0.15, 0.2) is 65.3 Å². The predicted molar refractivity (Wildman–Crippen MR) is 124 cm³/mol. The Balaban J connectivity index is 1.60. The van der Waals surface area contributed by atoms with Crippen LogP contribution in [0.3, 0.4) is 0 Å². The Morgan fingerprint density at radius 1 is 1.11 bits per heavy atom. The molecule has 0 bridgehead atoms. The zero-order valence-electron chi connectivity index (χ0n) is 18.8. The molecule has 2 N–H and O–H groups in total. The van der Waals surface area contributed by atoms with Crippen LogP contribution in [0, 0.1) is 10.1 Å². The lowest BCUT2D eigenvalue weighted by Crippen LogP contribution is -2.52. The Morgan fingerprint density at radius 3 is 2.40 bits per heavy atom. The second-order valence-electron chi connectivity index (χ2n) is 8.35. The molecule has 3 aromatic rings. The Kier molecular flexibility index (Phi) is 6.63. The fraction of sp³-hybridized carbons (Fsp3) is 0.240. The third-order valence-electron chi connectivity index (χ3n) is 5.90. The highest BCUT2D eigenvalue weighted by Crippen LogP contribution is 2.30. The van der Waals surface area contributed by atoms with E-state index < -0.39 is 40.1 Å². The number of nitro groups is 1. The van der Waals surface area contributed by atoms with Crippen LogP contribution in [0.4, 0.5) is 5.69 Å². The molecule has 0 unspecified atom stereocenters. The van der Waals surface area contributed by atoms with Crippen molar-refractivity contribution < 1.29 is 28.8 Å². The van der Waals surface area contributed by atoms with Crippen LogP contribution in [0.2, 0.25) is 0 Å². The number of nitrogens with zero attached hydrogens (tertiary/aromatic N) is 2. The van der Waals surface area contributed by atoms with E-state index in [1.54, 1.807) is 31.4 Å². The molecule has 0 aliphatic carbocycles. The number of furan rings is 1. The molecule has 35 heavy (non-hydrogen) atoms. The van der Waals surface area contributed by atoms with Gasteiger partial charge in [-0.3, -0.25) is 29.4 Å². The minimum absolute atomic E-state index is 0.163. The van der Waals surface area contributed by atoms with E-state index in [0.717, 1.165) is 22.8 Å². The highest BCUT2D eigenvalue weighted by molar-refractivity contribution is 6.22. The number of hydrogen-bond acceptors (Lipinski definition) is 7. The number of aryl methyl sites for hydroxylation is 1. The Hall–Kier alpha value is -4.47. The van der Waals surface area contributed by atoms with Crippen LogP contribution in [0.5, 0.6) is 5.75 Å². The van der Waals surface area contributed by atoms with Crippen molar-refractivity contribution in [2.24, 2.45) is 0 Å². The summed E-state index contributed by atoms with van der Waals surface area (Å²) < 4.78 is 5.32. The average Bonchev–Trinajstić information content (AvgIpc) is 3.44. The molecule has 1 aromatic heterocycles. The van der Waals surface area contributed by atoms with Crippen LogP contribution in [0.25, 0.3) is 0 Å². The van der Waals surface area contributed by atoms with E-state index in [0.29, 0.717) is 18.4 Å². The third-order valence-corrected chi connectivity index (χ3v) is 5.90. The molecule has 4 rings (SSSR count). The molecule has 10 nitrogen and oxygen atoms in total. The van der Waals surface area contributed by atoms with Crippen molar-refractivity contribution in [2.45, 2.75) is 38.3 Å². The van der Waals surface area contributed by atoms with Gasteiger partial charge < -0.3 is 14.8 Å². The summed E-state index contributed by atoms with van der Waals surface area (Å²) in [4.78, 5) is 51.0. The maximum atomic E-state index is 13.4. The summed E-state index contributed by atoms with van der Waals surface area (Å²) in [6.07, 6.45) is 2.53. The number of carbonyl (C=O) groups is 3. The third kappa shape index (κ3) is 4.91. The molecule has 1 aliphatic heterocycles. The molecule has 2 atom stereocenters. The van der Waals surface area contributed by atoms with Gasteiger partial charge in [0.25, 0.3) is 11.8 Å². The Labute approximate surface area is 200 Å². The molecule has 10 heteroatoms. The standard InChI is InChI=1S/C25H23N3O7/c1-15(8-10-17-5-4-12-35-17)26-23(30)21(14-16-9-11-22(29)20(13-16)28(33)34)27-24(31)18-6-2-3-7-19(18)25(27)32/h2-7,9,11-13,15,21,29H,8,10,14H2,1H3,(H,26,30)/t15-,21+/m0/s1. The van der Waals surface area contributed by atoms with Gasteiger partial charge in [0.2, 0.25) is 5.91 Å². The van der Waals surface area contributed by atoms with Gasteiger partial charge in [-0.15, -0.1) is 0 Å². The van der Waals surface area contributed by atoms with E-state index in [9.17, 15) is 29.6 Å². The summed E-state index contributed by atoms with van der Waals surface area (Å²) in [6, 6.07) is 12.0. The van der Waals surface area contributed by atoms with Crippen molar-refractivity contribution in [1.82, 2.24) is 10.2 Å². The first-order valence-corrected chi connectivity index (χ1v) is 11.0. The van der Waals surface area contributed by atoms with Crippen LogP contribution < -0.4 is 5.32 Å². The number of phenols is 1. The fourth-order valence-corrected chi connectivity index (χ4v) is 4.08. The highest BCUT2D eigenvalue weighted by atomic mass is 16.6. The van der Waals surface area contributed by atoms with Crippen molar-refractivity contribution in [2.75, 3.05) is 0 Å². The van der Waals surface area contributed by atoms with Gasteiger partial charge in [-0.25, -0.2) is 0 Å². The van der Waals surface area contributed by atoms with E-state index in [1.165, 1.54) is 18.2 Å². The van der Waals surface area contributed by atoms with Crippen molar-refractivity contribution in [3.63, 3.8) is 0 Å². The van der Waals surface area contributed by atoms with Crippen molar-refractivity contribution in [3.8, 4) is 5.75 Å². The molecule has 0 radical (unpaired) electrons. The zero-order valence-corrected chi connectivity index (χ0v) is 18.8. The number of aromatic hydroxyl groups is 1. The number of imide groups is 1. The topological polar surface area (TPSA) is 143 Å². The monoisotopic (exact) mass is 477 g/mol. The van der Waals surface area contributed by atoms with Crippen LogP contribution >= 0.6 is 0 Å². The van der Waals surface area contributed by atoms with Gasteiger partial charge in [-0.05, 0) is 49.2 Å². The van der Waals surface area contributed by atoms with Gasteiger partial charge >= 0.3 is 5.69 Å². The molecule has 3 amide bonds. The second kappa shape index (κ2) is 9.80. The normalized spacial score (nSPS) is 14.5. The molecule has 1 aliphatic rings. The summed E-state index contributed by atoms with van der Waals surface area (Å²) in [5.41, 5.74) is 0.168. The molecule has 0 saturated heterocycles. The minimum Gasteiger partial charge on any atom is -0.502 e. The number of benzene rings is 2. The van der Waals surface area contributed by atoms with Crippen molar-refractivity contribution in [1.29, 1.82) is 0 Å². The Bertz CT molecular complexity index is 1250. The summed E-state index contributed by atoms with van der Waals surface area (Å²) in [5.74, 6) is -1.54. The number of fused-ring (bicyclic) bond motifs is 1. The lowest BCUT2D eigenvalue weighted by atomic mass is 10.0. The lowest BCUT2D eigenvalue weighted by Gasteiger charge is -2.27. The van der Waals surface area contributed by atoms with E-state index in [4.69, 9.17) is 4.42 Å². The number of rotatable bonds is 9. The smallest absolute Gasteiger partial charge is 0.310 e. The maximum Gasteiger partial charge on any atom is 0.310 e. The number of phenolic OH excluding ortho intramolecular Hbond substituents is 1. The van der Waals surface area contributed by atoms with Crippen molar-refractivity contribution >= 4 is 23.4 Å². The molecular weight excluding hydrogens is 454 g/mol. The number of nitro benzene ring substituents is 1. The van der Waals surface area contributed by atoms with Crippen LogP contribution in [-0.2, 0) is 17.6 Å². The SMILES string of the molecule is C[C@@H](CCc1ccco1)NC(=O)[C@@H](Cc1ccc(O)c([N+](=O)[O-])c1)N1C(=O)c2ccccc2C1=O. The highest BCUT2D eigenvalue weighted by Gasteiger charge is 2.43. The first-order chi connectivity index (χ1) is 16.8. The minimum atomic E-state index is -1.25. The number of carbonyl (C=O) groups excluding carboxylic acids is 3. The summed E-state index contributed by atoms with van der Waals surface area (Å²) in [6.45, 7) is 1.80. The molecule has 0 saturated carbocycles. The zero-order chi connectivity index (χ0) is 25.1. The number of nitrogens with one attached hydrogen (secondary N) is 1. The van der Waals surface area contributed by atoms with E-state index in [2.05, 4.69) is 5.32 Å². The lowest BCUT2D eigenvalue weighted by molar-refractivity contribution is -0.385. The quantitative estimate of drug-likeness (QED) is 0.274. The predicted octanol–water partition coefficient (Wildman–Crippen LogP) is 3.24. The van der Waals surface area contributed by atoms with Gasteiger partial charge in [0.1, 0.15) is 11.8 Å². The maximum absolute atomic E-state index is 13.4. The molecule has 2 aromatic carbocycles. The van der Waals surface area contributed by atoms with Crippen LogP contribution in [-0.4, -0.2) is 44.7 Å². The van der Waals surface area contributed by atoms with E-state index in [-0.39, 0.29) is 23.6 Å². The van der Waals surface area contributed by atoms with Crippen molar-refractivity contribution in [3.05, 3.63) is 93.4 Å². The largest absolute Gasteiger partial charge is 0.502 e. The first-order valence-electron chi connectivity index (χ1n) is 11.0. The second-order valence-corrected chi connectivity index (χ2v) is 8.35. The average molecular weight is 477 g/mol. The van der Waals surface area contributed by atoms with Gasteiger partial charge in [0.15, 0.2) is 5.75 Å². The number of hydrogen-bond donors (Lipinski definition) is 2.